The Kier molecular flexibility index (Phi) is 6.68. The van der Waals surface area contributed by atoms with Crippen LogP contribution in [0.3, 0.4) is 0 Å². The summed E-state index contributed by atoms with van der Waals surface area (Å²) < 4.78 is 1.89. The summed E-state index contributed by atoms with van der Waals surface area (Å²) in [5, 5.41) is 8.81. The first-order chi connectivity index (χ1) is 17.0. The minimum Gasteiger partial charge on any atom is -0.352 e. The number of thiophene rings is 1. The molecule has 0 unspecified atom stereocenters. The molecule has 35 heavy (non-hydrogen) atoms. The summed E-state index contributed by atoms with van der Waals surface area (Å²) in [5.41, 5.74) is 3.54. The van der Waals surface area contributed by atoms with E-state index in [1.54, 1.807) is 4.90 Å². The zero-order valence-corrected chi connectivity index (χ0v) is 21.0. The van der Waals surface area contributed by atoms with E-state index >= 15 is 0 Å². The van der Waals surface area contributed by atoms with Gasteiger partial charge in [0.05, 0.1) is 16.3 Å². The molecule has 6 nitrogen and oxygen atoms in total. The van der Waals surface area contributed by atoms with Crippen LogP contribution in [-0.2, 0) is 4.79 Å². The van der Waals surface area contributed by atoms with E-state index in [9.17, 15) is 9.59 Å². The van der Waals surface area contributed by atoms with Crippen LogP contribution in [0, 0.1) is 13.8 Å². The molecule has 0 spiro atoms. The van der Waals surface area contributed by atoms with Crippen LogP contribution in [-0.4, -0.2) is 34.2 Å². The van der Waals surface area contributed by atoms with E-state index in [-0.39, 0.29) is 24.4 Å². The number of carbonyl (C=O) groups is 2. The van der Waals surface area contributed by atoms with Crippen LogP contribution in [0.25, 0.3) is 15.9 Å². The number of para-hydroxylation sites is 2. The molecule has 5 rings (SSSR count). The topological polar surface area (TPSA) is 67.2 Å². The van der Waals surface area contributed by atoms with E-state index in [4.69, 9.17) is 0 Å². The van der Waals surface area contributed by atoms with Crippen LogP contribution < -0.4 is 10.2 Å². The number of carbonyl (C=O) groups excluding carboxylic acids is 2. The first kappa shape index (κ1) is 23.3. The predicted molar refractivity (Wildman–Crippen MR) is 142 cm³/mol. The fourth-order valence-electron chi connectivity index (χ4n) is 4.83. The third kappa shape index (κ3) is 4.86. The summed E-state index contributed by atoms with van der Waals surface area (Å²) in [5.74, 6) is -0.278. The molecule has 1 aliphatic carbocycles. The number of benzene rings is 2. The predicted octanol–water partition coefficient (Wildman–Crippen LogP) is 5.80. The number of hydrogen-bond donors (Lipinski definition) is 1. The Morgan fingerprint density at radius 2 is 1.74 bits per heavy atom. The van der Waals surface area contributed by atoms with Crippen molar-refractivity contribution >= 4 is 39.1 Å². The summed E-state index contributed by atoms with van der Waals surface area (Å²) in [7, 11) is 0. The minimum atomic E-state index is -0.168. The van der Waals surface area contributed by atoms with E-state index in [2.05, 4.69) is 10.4 Å². The molecule has 0 bridgehead atoms. The first-order valence-electron chi connectivity index (χ1n) is 12.2. The second kappa shape index (κ2) is 10.0. The molecule has 2 amide bonds. The highest BCUT2D eigenvalue weighted by Crippen LogP contribution is 2.32. The molecule has 0 saturated heterocycles. The van der Waals surface area contributed by atoms with Gasteiger partial charge in [-0.1, -0.05) is 55.7 Å². The summed E-state index contributed by atoms with van der Waals surface area (Å²) in [4.78, 5) is 30.1. The molecule has 2 heterocycles. The lowest BCUT2D eigenvalue weighted by atomic mass is 9.95. The van der Waals surface area contributed by atoms with Crippen molar-refractivity contribution in [1.29, 1.82) is 0 Å². The Balaban J connectivity index is 1.47. The van der Waals surface area contributed by atoms with Crippen LogP contribution >= 0.6 is 11.3 Å². The lowest BCUT2D eigenvalue weighted by molar-refractivity contribution is -0.120. The molecule has 4 aromatic rings. The smallest absolute Gasteiger partial charge is 0.268 e. The number of nitrogens with zero attached hydrogens (tertiary/aromatic N) is 3. The molecule has 7 heteroatoms. The molecule has 0 atom stereocenters. The number of fused-ring (bicyclic) bond motifs is 1. The van der Waals surface area contributed by atoms with E-state index in [1.165, 1.54) is 17.8 Å². The van der Waals surface area contributed by atoms with Crippen LogP contribution in [0.15, 0.2) is 60.7 Å². The van der Waals surface area contributed by atoms with Gasteiger partial charge in [0.15, 0.2) is 0 Å². The van der Waals surface area contributed by atoms with Gasteiger partial charge in [0.2, 0.25) is 5.91 Å². The minimum absolute atomic E-state index is 0.00176. The highest BCUT2D eigenvalue weighted by Gasteiger charge is 2.26. The van der Waals surface area contributed by atoms with Crippen LogP contribution in [0.2, 0.25) is 0 Å². The van der Waals surface area contributed by atoms with Gasteiger partial charge in [-0.15, -0.1) is 11.3 Å². The molecule has 1 saturated carbocycles. The Hall–Kier alpha value is -3.45. The van der Waals surface area contributed by atoms with Crippen molar-refractivity contribution in [3.05, 3.63) is 76.8 Å². The number of nitrogens with one attached hydrogen (secondary N) is 1. The normalized spacial score (nSPS) is 14.2. The summed E-state index contributed by atoms with van der Waals surface area (Å²) in [6.45, 7) is 3.93. The maximum Gasteiger partial charge on any atom is 0.268 e. The molecule has 0 radical (unpaired) electrons. The third-order valence-corrected chi connectivity index (χ3v) is 7.78. The fraction of sp³-hybridized carbons (Fsp3) is 0.321. The molecule has 1 N–H and O–H groups in total. The SMILES string of the molecule is Cc1ccccc1N(CC(=O)NC1CCCCC1)C(=O)c1cc2c(C)nn(-c3ccccc3)c2s1. The van der Waals surface area contributed by atoms with Crippen LogP contribution in [0.1, 0.15) is 53.0 Å². The molecule has 180 valence electrons. The van der Waals surface area contributed by atoms with Crippen molar-refractivity contribution in [3.8, 4) is 5.69 Å². The maximum atomic E-state index is 13.9. The van der Waals surface area contributed by atoms with Gasteiger partial charge in [-0.3, -0.25) is 14.5 Å². The lowest BCUT2D eigenvalue weighted by Gasteiger charge is -2.27. The van der Waals surface area contributed by atoms with Gasteiger partial charge in [-0.25, -0.2) is 4.68 Å². The van der Waals surface area contributed by atoms with Gasteiger partial charge in [0.1, 0.15) is 11.4 Å². The van der Waals surface area contributed by atoms with Crippen LogP contribution in [0.4, 0.5) is 5.69 Å². The van der Waals surface area contributed by atoms with Crippen molar-refractivity contribution in [3.63, 3.8) is 0 Å². The lowest BCUT2D eigenvalue weighted by Crippen LogP contribution is -2.45. The summed E-state index contributed by atoms with van der Waals surface area (Å²) in [6, 6.07) is 19.8. The van der Waals surface area contributed by atoms with Gasteiger partial charge in [0.25, 0.3) is 5.91 Å². The number of aryl methyl sites for hydroxylation is 2. The second-order valence-electron chi connectivity index (χ2n) is 9.24. The van der Waals surface area contributed by atoms with Gasteiger partial charge < -0.3 is 5.32 Å². The maximum absolute atomic E-state index is 13.9. The molecular weight excluding hydrogens is 456 g/mol. The monoisotopic (exact) mass is 486 g/mol. The molecular formula is C28H30N4O2S. The molecule has 2 aromatic carbocycles. The molecule has 1 fully saturated rings. The standard InChI is InChI=1S/C28H30N4O2S/c1-19-11-9-10-16-24(19)31(18-26(33)29-21-12-5-3-6-13-21)27(34)25-17-23-20(2)30-32(28(23)35-25)22-14-7-4-8-15-22/h4,7-11,14-17,21H,3,5-6,12-13,18H2,1-2H3,(H,29,33). The molecule has 1 aliphatic rings. The van der Waals surface area contributed by atoms with E-state index in [0.29, 0.717) is 4.88 Å². The summed E-state index contributed by atoms with van der Waals surface area (Å²) in [6.07, 6.45) is 5.53. The average molecular weight is 487 g/mol. The highest BCUT2D eigenvalue weighted by molar-refractivity contribution is 7.20. The number of amides is 2. The van der Waals surface area contributed by atoms with Gasteiger partial charge in [-0.2, -0.15) is 5.10 Å². The second-order valence-corrected chi connectivity index (χ2v) is 10.3. The number of aromatic nitrogens is 2. The fourth-order valence-corrected chi connectivity index (χ4v) is 5.96. The van der Waals surface area contributed by atoms with Gasteiger partial charge in [-0.05, 0) is 56.5 Å². The van der Waals surface area contributed by atoms with Gasteiger partial charge in [0, 0.05) is 17.1 Å². The average Bonchev–Trinajstić information content (AvgIpc) is 3.44. The Bertz CT molecular complexity index is 1350. The number of hydrogen-bond acceptors (Lipinski definition) is 4. The zero-order chi connectivity index (χ0) is 24.4. The highest BCUT2D eigenvalue weighted by atomic mass is 32.1. The molecule has 0 aliphatic heterocycles. The van der Waals surface area contributed by atoms with E-state index < -0.39 is 0 Å². The first-order valence-corrected chi connectivity index (χ1v) is 13.0. The van der Waals surface area contributed by atoms with E-state index in [0.717, 1.165) is 58.5 Å². The van der Waals surface area contributed by atoms with Crippen molar-refractivity contribution in [2.45, 2.75) is 52.0 Å². The zero-order valence-electron chi connectivity index (χ0n) is 20.2. The van der Waals surface area contributed by atoms with Crippen LogP contribution in [0.5, 0.6) is 0 Å². The van der Waals surface area contributed by atoms with Crippen molar-refractivity contribution in [2.75, 3.05) is 11.4 Å². The number of rotatable bonds is 6. The Morgan fingerprint density at radius 1 is 1.03 bits per heavy atom. The summed E-state index contributed by atoms with van der Waals surface area (Å²) >= 11 is 1.42. The van der Waals surface area contributed by atoms with Gasteiger partial charge >= 0.3 is 0 Å². The van der Waals surface area contributed by atoms with Crippen molar-refractivity contribution in [2.24, 2.45) is 0 Å². The Morgan fingerprint density at radius 3 is 2.49 bits per heavy atom. The van der Waals surface area contributed by atoms with Crippen molar-refractivity contribution in [1.82, 2.24) is 15.1 Å². The quantitative estimate of drug-likeness (QED) is 0.375. The van der Waals surface area contributed by atoms with Crippen molar-refractivity contribution < 1.29 is 9.59 Å². The van der Waals surface area contributed by atoms with E-state index in [1.807, 2.05) is 79.2 Å². The Labute approximate surface area is 209 Å². The molecule has 2 aromatic heterocycles. The largest absolute Gasteiger partial charge is 0.352 e. The third-order valence-electron chi connectivity index (χ3n) is 6.68. The number of anilines is 1.